The minimum absolute atomic E-state index is 0.00506. The van der Waals surface area contributed by atoms with E-state index < -0.39 is 47.5 Å². The van der Waals surface area contributed by atoms with Gasteiger partial charge in [0.25, 0.3) is 5.91 Å². The van der Waals surface area contributed by atoms with E-state index in [1.807, 2.05) is 0 Å². The molecule has 2 heterocycles. The summed E-state index contributed by atoms with van der Waals surface area (Å²) in [6.45, 7) is 0. The number of nitro groups is 1. The van der Waals surface area contributed by atoms with Crippen molar-refractivity contribution in [2.75, 3.05) is 5.32 Å². The summed E-state index contributed by atoms with van der Waals surface area (Å²) in [6.07, 6.45) is -7.93. The van der Waals surface area contributed by atoms with E-state index >= 15 is 0 Å². The third-order valence-electron chi connectivity index (χ3n) is 4.06. The molecule has 0 bridgehead atoms. The molecule has 0 spiro atoms. The molecule has 160 valence electrons. The Morgan fingerprint density at radius 3 is 2.60 bits per heavy atom. The number of aromatic nitrogens is 1. The van der Waals surface area contributed by atoms with Crippen molar-refractivity contribution in [3.63, 3.8) is 0 Å². The third-order valence-corrected chi connectivity index (χ3v) is 4.92. The van der Waals surface area contributed by atoms with Crippen molar-refractivity contribution in [3.8, 4) is 5.75 Å². The summed E-state index contributed by atoms with van der Waals surface area (Å²) in [6, 6.07) is 5.44. The average Bonchev–Trinajstić information content (AvgIpc) is 3.17. The number of ether oxygens (including phenoxy) is 2. The summed E-state index contributed by atoms with van der Waals surface area (Å²) < 4.78 is 10.4. The van der Waals surface area contributed by atoms with Crippen molar-refractivity contribution in [3.05, 3.63) is 46.1 Å². The van der Waals surface area contributed by atoms with Crippen LogP contribution in [0.5, 0.6) is 5.75 Å². The Labute approximate surface area is 171 Å². The van der Waals surface area contributed by atoms with Crippen LogP contribution in [0.15, 0.2) is 30.5 Å². The molecular formula is C16H15N3O10S. The molecule has 1 aliphatic rings. The van der Waals surface area contributed by atoms with E-state index in [2.05, 4.69) is 10.3 Å². The number of aliphatic carboxylic acids is 1. The number of nitrogens with one attached hydrogen (secondary N) is 1. The van der Waals surface area contributed by atoms with E-state index in [1.54, 1.807) is 0 Å². The number of carboxylic acid groups (broad SMARTS) is 1. The molecule has 0 radical (unpaired) electrons. The number of hydrogen-bond acceptors (Lipinski definition) is 11. The van der Waals surface area contributed by atoms with Gasteiger partial charge in [0, 0.05) is 5.56 Å². The Balaban J connectivity index is 1.72. The molecule has 3 rings (SSSR count). The minimum atomic E-state index is -1.86. The van der Waals surface area contributed by atoms with Crippen LogP contribution >= 0.6 is 11.3 Å². The smallest absolute Gasteiger partial charge is 0.345 e. The maximum Gasteiger partial charge on any atom is 0.345 e. The summed E-state index contributed by atoms with van der Waals surface area (Å²) in [4.78, 5) is 37.2. The lowest BCUT2D eigenvalue weighted by atomic mass is 9.99. The van der Waals surface area contributed by atoms with Gasteiger partial charge in [-0.25, -0.2) is 9.78 Å². The molecule has 1 amide bonds. The second-order valence-electron chi connectivity index (χ2n) is 6.10. The minimum Gasteiger partial charge on any atom is -0.479 e. The van der Waals surface area contributed by atoms with Gasteiger partial charge in [-0.05, 0) is 29.5 Å². The van der Waals surface area contributed by atoms with Crippen molar-refractivity contribution in [2.45, 2.75) is 30.7 Å². The van der Waals surface area contributed by atoms with Crippen molar-refractivity contribution < 1.29 is 44.4 Å². The van der Waals surface area contributed by atoms with Crippen LogP contribution in [0.3, 0.4) is 0 Å². The van der Waals surface area contributed by atoms with Crippen LogP contribution in [-0.2, 0) is 9.53 Å². The molecule has 1 aromatic heterocycles. The number of aliphatic hydroxyl groups excluding tert-OH is 3. The van der Waals surface area contributed by atoms with Crippen LogP contribution in [0.2, 0.25) is 0 Å². The second-order valence-corrected chi connectivity index (χ2v) is 7.10. The van der Waals surface area contributed by atoms with E-state index in [0.29, 0.717) is 11.3 Å². The van der Waals surface area contributed by atoms with Crippen molar-refractivity contribution in [1.29, 1.82) is 0 Å². The van der Waals surface area contributed by atoms with Gasteiger partial charge in [-0.1, -0.05) is 6.07 Å². The van der Waals surface area contributed by atoms with Crippen LogP contribution < -0.4 is 10.1 Å². The highest BCUT2D eigenvalue weighted by molar-refractivity contribution is 7.18. The predicted octanol–water partition coefficient (Wildman–Crippen LogP) is -0.425. The van der Waals surface area contributed by atoms with Crippen LogP contribution in [-0.4, -0.2) is 72.9 Å². The highest BCUT2D eigenvalue weighted by Gasteiger charge is 2.48. The molecular weight excluding hydrogens is 426 g/mol. The van der Waals surface area contributed by atoms with E-state index in [1.165, 1.54) is 24.3 Å². The van der Waals surface area contributed by atoms with E-state index in [4.69, 9.17) is 14.6 Å². The molecule has 1 aliphatic heterocycles. The first-order chi connectivity index (χ1) is 14.2. The van der Waals surface area contributed by atoms with Crippen molar-refractivity contribution in [1.82, 2.24) is 4.98 Å². The number of carbonyl (C=O) groups excluding carboxylic acids is 1. The summed E-state index contributed by atoms with van der Waals surface area (Å²) in [5.74, 6) is -2.23. The van der Waals surface area contributed by atoms with Crippen LogP contribution in [0, 0.1) is 10.1 Å². The number of thiazole rings is 1. The van der Waals surface area contributed by atoms with Crippen molar-refractivity contribution in [2.24, 2.45) is 0 Å². The number of benzene rings is 1. The summed E-state index contributed by atoms with van der Waals surface area (Å²) >= 11 is 0.667. The quantitative estimate of drug-likeness (QED) is 0.288. The van der Waals surface area contributed by atoms with Crippen LogP contribution in [0.1, 0.15) is 10.4 Å². The Kier molecular flexibility index (Phi) is 6.23. The first-order valence-corrected chi connectivity index (χ1v) is 9.10. The summed E-state index contributed by atoms with van der Waals surface area (Å²) in [5, 5.41) is 51.4. The Morgan fingerprint density at radius 2 is 1.97 bits per heavy atom. The lowest BCUT2D eigenvalue weighted by Gasteiger charge is -2.38. The third kappa shape index (κ3) is 4.52. The standard InChI is InChI=1S/C16H15N3O10S/c20-9-10(21)12(14(24)25)29-15(11(9)22)28-7-3-1-2-6(4-7)13(23)18-16-17-5-8(30-16)19(26)27/h1-5,9-12,15,20-22H,(H,24,25)(H,17,18,23)/t9-,10-,11+,12-,15+/m0/s1. The second kappa shape index (κ2) is 8.68. The average molecular weight is 441 g/mol. The summed E-state index contributed by atoms with van der Waals surface area (Å²) in [5.41, 5.74) is 0.0611. The number of carboxylic acids is 1. The number of carbonyl (C=O) groups is 2. The fourth-order valence-corrected chi connectivity index (χ4v) is 3.20. The molecule has 5 atom stereocenters. The van der Waals surface area contributed by atoms with Crippen LogP contribution in [0.4, 0.5) is 10.1 Å². The molecule has 2 aromatic rings. The van der Waals surface area contributed by atoms with E-state index in [0.717, 1.165) is 6.20 Å². The molecule has 0 unspecified atom stereocenters. The monoisotopic (exact) mass is 441 g/mol. The fraction of sp³-hybridized carbons (Fsp3) is 0.312. The lowest BCUT2D eigenvalue weighted by molar-refractivity contribution is -0.380. The number of rotatable bonds is 6. The van der Waals surface area contributed by atoms with E-state index in [9.17, 15) is 35.0 Å². The first-order valence-electron chi connectivity index (χ1n) is 8.28. The van der Waals surface area contributed by atoms with Gasteiger partial charge >= 0.3 is 11.0 Å². The zero-order valence-electron chi connectivity index (χ0n) is 14.8. The van der Waals surface area contributed by atoms with Gasteiger partial charge < -0.3 is 29.9 Å². The van der Waals surface area contributed by atoms with Gasteiger partial charge in [-0.3, -0.25) is 20.2 Å². The van der Waals surface area contributed by atoms with Crippen molar-refractivity contribution >= 4 is 33.3 Å². The normalized spacial score (nSPS) is 26.0. The predicted molar refractivity (Wildman–Crippen MR) is 98.1 cm³/mol. The fourth-order valence-electron chi connectivity index (χ4n) is 2.57. The molecule has 13 nitrogen and oxygen atoms in total. The number of anilines is 1. The Morgan fingerprint density at radius 1 is 1.23 bits per heavy atom. The maximum atomic E-state index is 12.3. The Bertz CT molecular complexity index is 966. The van der Waals surface area contributed by atoms with Crippen LogP contribution in [0.25, 0.3) is 0 Å². The largest absolute Gasteiger partial charge is 0.479 e. The molecule has 0 saturated carbocycles. The maximum absolute atomic E-state index is 12.3. The molecule has 1 fully saturated rings. The number of aliphatic hydroxyl groups is 3. The highest BCUT2D eigenvalue weighted by atomic mass is 32.1. The first kappa shape index (κ1) is 21.5. The van der Waals surface area contributed by atoms with Gasteiger partial charge in [-0.2, -0.15) is 0 Å². The number of hydrogen-bond donors (Lipinski definition) is 5. The molecule has 0 aliphatic carbocycles. The molecule has 5 N–H and O–H groups in total. The molecule has 1 aromatic carbocycles. The lowest BCUT2D eigenvalue weighted by Crippen LogP contribution is -2.61. The number of nitrogens with zero attached hydrogens (tertiary/aromatic N) is 2. The summed E-state index contributed by atoms with van der Waals surface area (Å²) in [7, 11) is 0. The van der Waals surface area contributed by atoms with Gasteiger partial charge in [0.1, 0.15) is 30.3 Å². The van der Waals surface area contributed by atoms with Gasteiger partial charge in [0.05, 0.1) is 4.92 Å². The zero-order chi connectivity index (χ0) is 22.0. The molecule has 30 heavy (non-hydrogen) atoms. The molecule has 1 saturated heterocycles. The van der Waals surface area contributed by atoms with Gasteiger partial charge in [-0.15, -0.1) is 0 Å². The topological polar surface area (TPSA) is 202 Å². The zero-order valence-corrected chi connectivity index (χ0v) is 15.6. The Hall–Kier alpha value is -3.17. The highest BCUT2D eigenvalue weighted by Crippen LogP contribution is 2.27. The van der Waals surface area contributed by atoms with E-state index in [-0.39, 0.29) is 21.4 Å². The SMILES string of the molecule is O=C(Nc1ncc([N+](=O)[O-])s1)c1cccc(O[C@@H]2O[C@H](C(=O)O)[C@@H](O)[C@H](O)[C@H]2O)c1. The van der Waals surface area contributed by atoms with Gasteiger partial charge in [0.15, 0.2) is 11.2 Å². The number of amides is 1. The van der Waals surface area contributed by atoms with Gasteiger partial charge in [0.2, 0.25) is 6.29 Å². The molecule has 14 heteroatoms.